The Labute approximate surface area is 89.3 Å². The van der Waals surface area contributed by atoms with Crippen molar-refractivity contribution in [3.63, 3.8) is 0 Å². The monoisotopic (exact) mass is 208 g/mol. The van der Waals surface area contributed by atoms with Crippen LogP contribution in [0.5, 0.6) is 0 Å². The molecular formula is C11H16N2S. The van der Waals surface area contributed by atoms with E-state index < -0.39 is 0 Å². The number of nitrogens with zero attached hydrogens (tertiary/aromatic N) is 1. The minimum atomic E-state index is 0.292. The third kappa shape index (κ3) is 2.49. The van der Waals surface area contributed by atoms with E-state index in [1.54, 1.807) is 0 Å². The van der Waals surface area contributed by atoms with Gasteiger partial charge in [0.2, 0.25) is 0 Å². The van der Waals surface area contributed by atoms with E-state index in [-0.39, 0.29) is 0 Å². The van der Waals surface area contributed by atoms with Crippen molar-refractivity contribution in [3.8, 4) is 0 Å². The van der Waals surface area contributed by atoms with Crippen LogP contribution in [0.4, 0.5) is 0 Å². The molecule has 2 rings (SSSR count). The molecule has 0 spiro atoms. The Kier molecular flexibility index (Phi) is 3.43. The molecule has 14 heavy (non-hydrogen) atoms. The summed E-state index contributed by atoms with van der Waals surface area (Å²) in [6.07, 6.45) is 4.04. The maximum absolute atomic E-state index is 6.16. The van der Waals surface area contributed by atoms with E-state index in [4.69, 9.17) is 5.73 Å². The van der Waals surface area contributed by atoms with E-state index in [0.717, 1.165) is 12.1 Å². The molecule has 1 fully saturated rings. The molecule has 0 saturated carbocycles. The molecule has 2 unspecified atom stereocenters. The van der Waals surface area contributed by atoms with Gasteiger partial charge in [-0.25, -0.2) is 0 Å². The molecule has 1 aromatic heterocycles. The summed E-state index contributed by atoms with van der Waals surface area (Å²) in [6, 6.07) is 6.32. The molecule has 1 aliphatic rings. The van der Waals surface area contributed by atoms with Crippen LogP contribution in [0.15, 0.2) is 24.4 Å². The Morgan fingerprint density at radius 3 is 3.14 bits per heavy atom. The van der Waals surface area contributed by atoms with Gasteiger partial charge in [-0.05, 0) is 36.0 Å². The highest BCUT2D eigenvalue weighted by atomic mass is 32.2. The summed E-state index contributed by atoms with van der Waals surface area (Å²) >= 11 is 2.02. The SMILES string of the molecule is NC(Cc1ccccn1)C1CCSC1. The van der Waals surface area contributed by atoms with Gasteiger partial charge in [0.05, 0.1) is 0 Å². The Bertz CT molecular complexity index is 270. The molecule has 3 heteroatoms. The van der Waals surface area contributed by atoms with Gasteiger partial charge in [-0.3, -0.25) is 4.98 Å². The standard InChI is InChI=1S/C11H16N2S/c12-11(9-4-6-14-8-9)7-10-3-1-2-5-13-10/h1-3,5,9,11H,4,6-8,12H2. The van der Waals surface area contributed by atoms with Crippen molar-refractivity contribution >= 4 is 11.8 Å². The van der Waals surface area contributed by atoms with Gasteiger partial charge in [0, 0.05) is 24.4 Å². The average molecular weight is 208 g/mol. The van der Waals surface area contributed by atoms with Gasteiger partial charge < -0.3 is 5.73 Å². The number of pyridine rings is 1. The van der Waals surface area contributed by atoms with E-state index in [9.17, 15) is 0 Å². The minimum absolute atomic E-state index is 0.292. The van der Waals surface area contributed by atoms with Gasteiger partial charge in [0.15, 0.2) is 0 Å². The zero-order valence-electron chi connectivity index (χ0n) is 8.23. The van der Waals surface area contributed by atoms with Crippen LogP contribution < -0.4 is 5.73 Å². The predicted molar refractivity (Wildman–Crippen MR) is 61.3 cm³/mol. The van der Waals surface area contributed by atoms with Crippen LogP contribution in [-0.4, -0.2) is 22.5 Å². The van der Waals surface area contributed by atoms with Gasteiger partial charge in [0.1, 0.15) is 0 Å². The molecule has 0 bridgehead atoms. The zero-order chi connectivity index (χ0) is 9.80. The normalized spacial score (nSPS) is 23.6. The first-order valence-electron chi connectivity index (χ1n) is 5.09. The fourth-order valence-corrected chi connectivity index (χ4v) is 3.17. The second kappa shape index (κ2) is 4.80. The Hall–Kier alpha value is -0.540. The molecule has 1 aromatic rings. The van der Waals surface area contributed by atoms with Crippen molar-refractivity contribution in [1.29, 1.82) is 0 Å². The van der Waals surface area contributed by atoms with E-state index in [1.165, 1.54) is 17.9 Å². The molecule has 0 aliphatic carbocycles. The summed E-state index contributed by atoms with van der Waals surface area (Å²) in [5.74, 6) is 3.20. The van der Waals surface area contributed by atoms with Crippen LogP contribution in [0, 0.1) is 5.92 Å². The van der Waals surface area contributed by atoms with Crippen LogP contribution in [0.25, 0.3) is 0 Å². The van der Waals surface area contributed by atoms with Gasteiger partial charge in [-0.2, -0.15) is 11.8 Å². The highest BCUT2D eigenvalue weighted by Crippen LogP contribution is 2.26. The molecular weight excluding hydrogens is 192 g/mol. The van der Waals surface area contributed by atoms with Crippen LogP contribution in [0.2, 0.25) is 0 Å². The smallest absolute Gasteiger partial charge is 0.0419 e. The Morgan fingerprint density at radius 1 is 1.57 bits per heavy atom. The fourth-order valence-electron chi connectivity index (χ4n) is 1.82. The van der Waals surface area contributed by atoms with Crippen LogP contribution in [0.1, 0.15) is 12.1 Å². The summed E-state index contributed by atoms with van der Waals surface area (Å²) in [4.78, 5) is 4.30. The van der Waals surface area contributed by atoms with Crippen LogP contribution in [0.3, 0.4) is 0 Å². The highest BCUT2D eigenvalue weighted by molar-refractivity contribution is 7.99. The van der Waals surface area contributed by atoms with Crippen molar-refractivity contribution in [2.24, 2.45) is 11.7 Å². The quantitative estimate of drug-likeness (QED) is 0.822. The molecule has 1 aliphatic heterocycles. The summed E-state index contributed by atoms with van der Waals surface area (Å²) < 4.78 is 0. The second-order valence-electron chi connectivity index (χ2n) is 3.81. The third-order valence-electron chi connectivity index (χ3n) is 2.74. The van der Waals surface area contributed by atoms with E-state index in [2.05, 4.69) is 11.1 Å². The Morgan fingerprint density at radius 2 is 2.50 bits per heavy atom. The summed E-state index contributed by atoms with van der Waals surface area (Å²) in [6.45, 7) is 0. The van der Waals surface area contributed by atoms with E-state index >= 15 is 0 Å². The summed E-state index contributed by atoms with van der Waals surface area (Å²) in [5.41, 5.74) is 7.28. The molecule has 1 saturated heterocycles. The molecule has 2 nitrogen and oxygen atoms in total. The summed E-state index contributed by atoms with van der Waals surface area (Å²) in [5, 5.41) is 0. The molecule has 2 heterocycles. The number of hydrogen-bond acceptors (Lipinski definition) is 3. The van der Waals surface area contributed by atoms with E-state index in [1.807, 2.05) is 30.1 Å². The number of nitrogens with two attached hydrogens (primary N) is 1. The lowest BCUT2D eigenvalue weighted by Crippen LogP contribution is -2.32. The van der Waals surface area contributed by atoms with Crippen molar-refractivity contribution in [2.75, 3.05) is 11.5 Å². The second-order valence-corrected chi connectivity index (χ2v) is 4.96. The number of thioether (sulfide) groups is 1. The topological polar surface area (TPSA) is 38.9 Å². The maximum Gasteiger partial charge on any atom is 0.0419 e. The van der Waals surface area contributed by atoms with Crippen molar-refractivity contribution in [2.45, 2.75) is 18.9 Å². The van der Waals surface area contributed by atoms with Crippen LogP contribution in [-0.2, 0) is 6.42 Å². The maximum atomic E-state index is 6.16. The van der Waals surface area contributed by atoms with Crippen molar-refractivity contribution in [1.82, 2.24) is 4.98 Å². The lowest BCUT2D eigenvalue weighted by molar-refractivity contribution is 0.459. The zero-order valence-corrected chi connectivity index (χ0v) is 9.04. The minimum Gasteiger partial charge on any atom is -0.327 e. The molecule has 0 amide bonds. The number of rotatable bonds is 3. The van der Waals surface area contributed by atoms with Gasteiger partial charge in [0.25, 0.3) is 0 Å². The van der Waals surface area contributed by atoms with Crippen molar-refractivity contribution in [3.05, 3.63) is 30.1 Å². The number of hydrogen-bond donors (Lipinski definition) is 1. The largest absolute Gasteiger partial charge is 0.327 e. The first-order chi connectivity index (χ1) is 6.86. The van der Waals surface area contributed by atoms with Crippen molar-refractivity contribution < 1.29 is 0 Å². The van der Waals surface area contributed by atoms with Gasteiger partial charge in [-0.15, -0.1) is 0 Å². The predicted octanol–water partition coefficient (Wildman–Crippen LogP) is 1.70. The Balaban J connectivity index is 1.90. The third-order valence-corrected chi connectivity index (χ3v) is 3.93. The molecule has 0 aromatic carbocycles. The molecule has 0 radical (unpaired) electrons. The number of aromatic nitrogens is 1. The van der Waals surface area contributed by atoms with Gasteiger partial charge >= 0.3 is 0 Å². The average Bonchev–Trinajstić information content (AvgIpc) is 2.72. The highest BCUT2D eigenvalue weighted by Gasteiger charge is 2.22. The fraction of sp³-hybridized carbons (Fsp3) is 0.545. The summed E-state index contributed by atoms with van der Waals surface area (Å²) in [7, 11) is 0. The molecule has 76 valence electrons. The first-order valence-corrected chi connectivity index (χ1v) is 6.25. The first kappa shape index (κ1) is 9.99. The lowest BCUT2D eigenvalue weighted by Gasteiger charge is -2.17. The van der Waals surface area contributed by atoms with E-state index in [0.29, 0.717) is 12.0 Å². The van der Waals surface area contributed by atoms with Gasteiger partial charge in [-0.1, -0.05) is 6.07 Å². The molecule has 2 atom stereocenters. The van der Waals surface area contributed by atoms with Crippen LogP contribution >= 0.6 is 11.8 Å². The molecule has 2 N–H and O–H groups in total. The lowest BCUT2D eigenvalue weighted by atomic mass is 9.96.